The molecule has 0 fully saturated rings. The number of rotatable bonds is 9. The molecule has 1 aromatic heterocycles. The summed E-state index contributed by atoms with van der Waals surface area (Å²) in [5, 5.41) is 17.5. The van der Waals surface area contributed by atoms with E-state index in [0.29, 0.717) is 16.9 Å². The average Bonchev–Trinajstić information content (AvgIpc) is 2.87. The Balaban J connectivity index is 1.53. The van der Waals surface area contributed by atoms with Crippen LogP contribution < -0.4 is 21.7 Å². The van der Waals surface area contributed by atoms with Crippen molar-refractivity contribution >= 4 is 29.3 Å². The first-order valence-corrected chi connectivity index (χ1v) is 10.9. The number of hydrogen-bond donors (Lipinski definition) is 5. The monoisotopic (exact) mass is 477 g/mol. The van der Waals surface area contributed by atoms with Gasteiger partial charge in [0.25, 0.3) is 5.91 Å². The lowest BCUT2D eigenvalue weighted by Gasteiger charge is -2.17. The quantitative estimate of drug-likeness (QED) is 0.317. The maximum Gasteiger partial charge on any atom is 0.407 e. The Bertz CT molecular complexity index is 1150. The number of aromatic nitrogens is 1. The van der Waals surface area contributed by atoms with E-state index in [9.17, 15) is 19.5 Å². The Morgan fingerprint density at radius 3 is 2.29 bits per heavy atom. The number of alkyl carbamates (subject to hydrolysis) is 1. The number of pyridine rings is 1. The van der Waals surface area contributed by atoms with Gasteiger partial charge >= 0.3 is 6.09 Å². The number of carbonyl (C=O) groups is 3. The number of ether oxygens (including phenoxy) is 1. The van der Waals surface area contributed by atoms with E-state index in [-0.39, 0.29) is 19.1 Å². The standard InChI is InChI=1S/C25H27N5O5/c1-16(31)22(26)24(33)30-21-7-3-2-6-20(21)29-23(32)19-10-8-17(9-11-19)14-28-25(34)35-15-18-5-4-12-27-13-18/h2-13,16,22,31H,14-15,26H2,1H3,(H,28,34)(H,29,32)(H,30,33)/t16-,22+/m1/s1. The molecule has 3 rings (SSSR count). The highest BCUT2D eigenvalue weighted by Crippen LogP contribution is 2.22. The summed E-state index contributed by atoms with van der Waals surface area (Å²) >= 11 is 0. The van der Waals surface area contributed by atoms with Crippen molar-refractivity contribution in [3.63, 3.8) is 0 Å². The minimum absolute atomic E-state index is 0.117. The van der Waals surface area contributed by atoms with E-state index < -0.39 is 24.1 Å². The zero-order valence-corrected chi connectivity index (χ0v) is 19.1. The molecule has 0 aliphatic carbocycles. The SMILES string of the molecule is C[C@@H](O)[C@H](N)C(=O)Nc1ccccc1NC(=O)c1ccc(CNC(=O)OCc2cccnc2)cc1. The van der Waals surface area contributed by atoms with Gasteiger partial charge in [0.15, 0.2) is 0 Å². The van der Waals surface area contributed by atoms with Crippen molar-refractivity contribution < 1.29 is 24.2 Å². The summed E-state index contributed by atoms with van der Waals surface area (Å²) in [6, 6.07) is 15.8. The normalized spacial score (nSPS) is 12.2. The Morgan fingerprint density at radius 2 is 1.66 bits per heavy atom. The van der Waals surface area contributed by atoms with Crippen molar-refractivity contribution in [3.05, 3.63) is 89.7 Å². The van der Waals surface area contributed by atoms with Crippen molar-refractivity contribution in [2.24, 2.45) is 5.73 Å². The topological polar surface area (TPSA) is 156 Å². The van der Waals surface area contributed by atoms with E-state index >= 15 is 0 Å². The first-order chi connectivity index (χ1) is 16.8. The zero-order valence-electron chi connectivity index (χ0n) is 19.1. The van der Waals surface area contributed by atoms with Gasteiger partial charge in [-0.3, -0.25) is 14.6 Å². The second-order valence-electron chi connectivity index (χ2n) is 7.74. The zero-order chi connectivity index (χ0) is 25.2. The van der Waals surface area contributed by atoms with Crippen LogP contribution in [0.3, 0.4) is 0 Å². The molecule has 10 nitrogen and oxygen atoms in total. The smallest absolute Gasteiger partial charge is 0.407 e. The molecule has 2 atom stereocenters. The van der Waals surface area contributed by atoms with E-state index in [4.69, 9.17) is 10.5 Å². The lowest BCUT2D eigenvalue weighted by Crippen LogP contribution is -2.43. The van der Waals surface area contributed by atoms with Crippen LogP contribution >= 0.6 is 0 Å². The van der Waals surface area contributed by atoms with Crippen LogP contribution in [0.15, 0.2) is 73.1 Å². The molecule has 182 valence electrons. The molecular formula is C25H27N5O5. The molecule has 0 unspecified atom stereocenters. The fraction of sp³-hybridized carbons (Fsp3) is 0.200. The summed E-state index contributed by atoms with van der Waals surface area (Å²) in [7, 11) is 0. The summed E-state index contributed by atoms with van der Waals surface area (Å²) in [4.78, 5) is 40.7. The number of carbonyl (C=O) groups excluding carboxylic acids is 3. The Morgan fingerprint density at radius 1 is 0.971 bits per heavy atom. The molecule has 0 radical (unpaired) electrons. The second-order valence-corrected chi connectivity index (χ2v) is 7.74. The number of para-hydroxylation sites is 2. The first-order valence-electron chi connectivity index (χ1n) is 10.9. The van der Waals surface area contributed by atoms with Crippen LogP contribution in [0.2, 0.25) is 0 Å². The number of hydrogen-bond acceptors (Lipinski definition) is 7. The third-order valence-electron chi connectivity index (χ3n) is 5.00. The fourth-order valence-electron chi connectivity index (χ4n) is 2.96. The van der Waals surface area contributed by atoms with Crippen molar-refractivity contribution in [2.45, 2.75) is 32.2 Å². The van der Waals surface area contributed by atoms with Gasteiger partial charge in [0.2, 0.25) is 5.91 Å². The van der Waals surface area contributed by atoms with Crippen molar-refractivity contribution in [3.8, 4) is 0 Å². The minimum atomic E-state index is -1.10. The fourth-order valence-corrected chi connectivity index (χ4v) is 2.96. The summed E-state index contributed by atoms with van der Waals surface area (Å²) in [5.74, 6) is -0.959. The predicted octanol–water partition coefficient (Wildman–Crippen LogP) is 2.41. The maximum absolute atomic E-state index is 12.7. The number of nitrogens with zero attached hydrogens (tertiary/aromatic N) is 1. The molecule has 6 N–H and O–H groups in total. The van der Waals surface area contributed by atoms with Gasteiger partial charge in [0.1, 0.15) is 12.6 Å². The summed E-state index contributed by atoms with van der Waals surface area (Å²) in [5.41, 5.74) is 8.34. The van der Waals surface area contributed by atoms with Crippen LogP contribution in [0, 0.1) is 0 Å². The average molecular weight is 478 g/mol. The lowest BCUT2D eigenvalue weighted by molar-refractivity contribution is -0.119. The van der Waals surface area contributed by atoms with Gasteiger partial charge < -0.3 is 31.5 Å². The molecular weight excluding hydrogens is 450 g/mol. The molecule has 3 amide bonds. The van der Waals surface area contributed by atoms with Crippen LogP contribution in [0.1, 0.15) is 28.4 Å². The second kappa shape index (κ2) is 12.3. The predicted molar refractivity (Wildman–Crippen MR) is 130 cm³/mol. The molecule has 0 saturated heterocycles. The molecule has 0 aliphatic heterocycles. The molecule has 0 spiro atoms. The Kier molecular flexibility index (Phi) is 8.88. The number of nitrogens with one attached hydrogen (secondary N) is 3. The van der Waals surface area contributed by atoms with Gasteiger partial charge in [-0.1, -0.05) is 30.3 Å². The summed E-state index contributed by atoms with van der Waals surface area (Å²) < 4.78 is 5.14. The number of aliphatic hydroxyl groups is 1. The van der Waals surface area contributed by atoms with E-state index in [0.717, 1.165) is 11.1 Å². The molecule has 0 aliphatic rings. The van der Waals surface area contributed by atoms with E-state index in [2.05, 4.69) is 20.9 Å². The Hall–Kier alpha value is -4.28. The van der Waals surface area contributed by atoms with Crippen LogP contribution in [0.5, 0.6) is 0 Å². The van der Waals surface area contributed by atoms with Gasteiger partial charge in [-0.25, -0.2) is 4.79 Å². The van der Waals surface area contributed by atoms with Gasteiger partial charge in [-0.05, 0) is 42.8 Å². The third-order valence-corrected chi connectivity index (χ3v) is 5.00. The molecule has 35 heavy (non-hydrogen) atoms. The third kappa shape index (κ3) is 7.63. The largest absolute Gasteiger partial charge is 0.445 e. The highest BCUT2D eigenvalue weighted by atomic mass is 16.5. The number of anilines is 2. The number of aliphatic hydroxyl groups excluding tert-OH is 1. The van der Waals surface area contributed by atoms with E-state index in [1.54, 1.807) is 73.1 Å². The highest BCUT2D eigenvalue weighted by Gasteiger charge is 2.20. The number of nitrogens with two attached hydrogens (primary N) is 1. The lowest BCUT2D eigenvalue weighted by atomic mass is 10.1. The van der Waals surface area contributed by atoms with Gasteiger partial charge in [0.05, 0.1) is 17.5 Å². The molecule has 0 saturated carbocycles. The van der Waals surface area contributed by atoms with Gasteiger partial charge in [-0.2, -0.15) is 0 Å². The minimum Gasteiger partial charge on any atom is -0.445 e. The highest BCUT2D eigenvalue weighted by molar-refractivity contribution is 6.07. The Labute approximate surface area is 202 Å². The molecule has 1 heterocycles. The molecule has 0 bridgehead atoms. The molecule has 10 heteroatoms. The van der Waals surface area contributed by atoms with Crippen molar-refractivity contribution in [1.29, 1.82) is 0 Å². The van der Waals surface area contributed by atoms with Crippen LogP contribution in [0.4, 0.5) is 16.2 Å². The van der Waals surface area contributed by atoms with Crippen LogP contribution in [0.25, 0.3) is 0 Å². The number of benzene rings is 2. The van der Waals surface area contributed by atoms with Gasteiger partial charge in [0, 0.05) is 30.1 Å². The van der Waals surface area contributed by atoms with E-state index in [1.165, 1.54) is 6.92 Å². The summed E-state index contributed by atoms with van der Waals surface area (Å²) in [6.45, 7) is 1.76. The number of amides is 3. The van der Waals surface area contributed by atoms with Crippen LogP contribution in [-0.4, -0.2) is 40.1 Å². The van der Waals surface area contributed by atoms with Crippen molar-refractivity contribution in [2.75, 3.05) is 10.6 Å². The summed E-state index contributed by atoms with van der Waals surface area (Å²) in [6.07, 6.45) is 1.67. The molecule has 2 aromatic carbocycles. The van der Waals surface area contributed by atoms with E-state index in [1.807, 2.05) is 0 Å². The molecule has 3 aromatic rings. The van der Waals surface area contributed by atoms with Crippen molar-refractivity contribution in [1.82, 2.24) is 10.3 Å². The van der Waals surface area contributed by atoms with Gasteiger partial charge in [-0.15, -0.1) is 0 Å². The van der Waals surface area contributed by atoms with Crippen LogP contribution in [-0.2, 0) is 22.7 Å². The maximum atomic E-state index is 12.7. The first kappa shape index (κ1) is 25.3.